The summed E-state index contributed by atoms with van der Waals surface area (Å²) in [5.41, 5.74) is 0.478. The first-order valence-corrected chi connectivity index (χ1v) is 10.7. The second-order valence-electron chi connectivity index (χ2n) is 7.46. The molecule has 0 heterocycles. The van der Waals surface area contributed by atoms with E-state index < -0.39 is 27.6 Å². The number of hydrogen-bond acceptors (Lipinski definition) is 4. The molecule has 2 aromatic carbocycles. The van der Waals surface area contributed by atoms with Crippen molar-refractivity contribution in [3.63, 3.8) is 0 Å². The maximum Gasteiger partial charge on any atom is 0.408 e. The van der Waals surface area contributed by atoms with Crippen LogP contribution >= 0.6 is 0 Å². The lowest BCUT2D eigenvalue weighted by atomic mass is 10.1. The number of carbonyl (C=O) groups excluding carboxylic acids is 1. The van der Waals surface area contributed by atoms with Crippen molar-refractivity contribution in [2.75, 3.05) is 0 Å². The summed E-state index contributed by atoms with van der Waals surface area (Å²) in [4.78, 5) is 12.4. The third kappa shape index (κ3) is 7.56. The number of aryl methyl sites for hydroxylation is 1. The fourth-order valence-corrected chi connectivity index (χ4v) is 3.62. The van der Waals surface area contributed by atoms with Gasteiger partial charge in [0.15, 0.2) is 9.84 Å². The van der Waals surface area contributed by atoms with Crippen LogP contribution in [0.15, 0.2) is 77.0 Å². The minimum Gasteiger partial charge on any atom is -0.444 e. The average molecular weight is 402 g/mol. The van der Waals surface area contributed by atoms with E-state index in [1.54, 1.807) is 51.1 Å². The monoisotopic (exact) mass is 401 g/mol. The summed E-state index contributed by atoms with van der Waals surface area (Å²) in [6, 6.07) is 17.5. The van der Waals surface area contributed by atoms with E-state index >= 15 is 0 Å². The Morgan fingerprint density at radius 2 is 1.61 bits per heavy atom. The Kier molecular flexibility index (Phi) is 7.40. The summed E-state index contributed by atoms with van der Waals surface area (Å²) in [5.74, 6) is 0. The summed E-state index contributed by atoms with van der Waals surface area (Å²) < 4.78 is 30.3. The molecule has 28 heavy (non-hydrogen) atoms. The Bertz CT molecular complexity index is 885. The number of nitrogens with one attached hydrogen (secondary N) is 1. The summed E-state index contributed by atoms with van der Waals surface area (Å²) in [6.07, 6.45) is 2.17. The molecule has 2 rings (SSSR count). The Morgan fingerprint density at radius 1 is 1.04 bits per heavy atom. The van der Waals surface area contributed by atoms with Gasteiger partial charge in [0.25, 0.3) is 0 Å². The molecule has 150 valence electrons. The van der Waals surface area contributed by atoms with E-state index in [1.807, 2.05) is 30.3 Å². The predicted molar refractivity (Wildman–Crippen MR) is 111 cm³/mol. The highest BCUT2D eigenvalue weighted by molar-refractivity contribution is 7.94. The molecule has 0 saturated heterocycles. The molecule has 0 fully saturated rings. The van der Waals surface area contributed by atoms with Crippen molar-refractivity contribution in [3.05, 3.63) is 77.7 Å². The Balaban J connectivity index is 2.13. The maximum atomic E-state index is 12.5. The molecule has 1 amide bonds. The van der Waals surface area contributed by atoms with Crippen molar-refractivity contribution >= 4 is 15.9 Å². The molecule has 0 aromatic heterocycles. The SMILES string of the molecule is CC(C)(C)OC(=O)N[C@H](/C=C/S(=O)(=O)c1ccccc1)CCc1ccccc1. The molecular weight excluding hydrogens is 374 g/mol. The van der Waals surface area contributed by atoms with E-state index in [1.165, 1.54) is 6.08 Å². The van der Waals surface area contributed by atoms with Crippen molar-refractivity contribution < 1.29 is 17.9 Å². The lowest BCUT2D eigenvalue weighted by molar-refractivity contribution is 0.0512. The molecule has 0 aliphatic rings. The van der Waals surface area contributed by atoms with Crippen LogP contribution in [0.5, 0.6) is 0 Å². The molecule has 0 unspecified atom stereocenters. The molecule has 2 aromatic rings. The van der Waals surface area contributed by atoms with Crippen LogP contribution < -0.4 is 5.32 Å². The molecule has 6 heteroatoms. The first kappa shape index (κ1) is 21.7. The van der Waals surface area contributed by atoms with Gasteiger partial charge >= 0.3 is 6.09 Å². The zero-order chi connectivity index (χ0) is 20.6. The Morgan fingerprint density at radius 3 is 2.18 bits per heavy atom. The molecule has 5 nitrogen and oxygen atoms in total. The highest BCUT2D eigenvalue weighted by Gasteiger charge is 2.19. The second kappa shape index (κ2) is 9.55. The Hall–Kier alpha value is -2.60. The van der Waals surface area contributed by atoms with Gasteiger partial charge in [0.1, 0.15) is 5.60 Å². The number of ether oxygens (including phenoxy) is 1. The molecule has 0 aliphatic heterocycles. The standard InChI is InChI=1S/C22H27NO4S/c1-22(2,3)27-21(24)23-19(15-14-18-10-6-4-7-11-18)16-17-28(25,26)20-12-8-5-9-13-20/h4-13,16-17,19H,14-15H2,1-3H3,(H,23,24)/b17-16+/t19-/m0/s1. The zero-order valence-electron chi connectivity index (χ0n) is 16.5. The van der Waals surface area contributed by atoms with Crippen LogP contribution in [-0.2, 0) is 21.0 Å². The second-order valence-corrected chi connectivity index (χ2v) is 9.30. The van der Waals surface area contributed by atoms with E-state index in [0.29, 0.717) is 12.8 Å². The molecule has 1 atom stereocenters. The van der Waals surface area contributed by atoms with Crippen LogP contribution in [0.3, 0.4) is 0 Å². The van der Waals surface area contributed by atoms with E-state index in [9.17, 15) is 13.2 Å². The summed E-state index contributed by atoms with van der Waals surface area (Å²) >= 11 is 0. The largest absolute Gasteiger partial charge is 0.444 e. The van der Waals surface area contributed by atoms with Crippen molar-refractivity contribution in [3.8, 4) is 0 Å². The third-order valence-corrected chi connectivity index (χ3v) is 5.30. The molecular formula is C22H27NO4S. The van der Waals surface area contributed by atoms with Gasteiger partial charge in [-0.2, -0.15) is 0 Å². The van der Waals surface area contributed by atoms with Crippen LogP contribution in [0.1, 0.15) is 32.8 Å². The van der Waals surface area contributed by atoms with Crippen LogP contribution in [0.4, 0.5) is 4.79 Å². The predicted octanol–water partition coefficient (Wildman–Crippen LogP) is 4.50. The number of rotatable bonds is 7. The zero-order valence-corrected chi connectivity index (χ0v) is 17.3. The Labute approximate surface area is 167 Å². The smallest absolute Gasteiger partial charge is 0.408 e. The lowest BCUT2D eigenvalue weighted by Crippen LogP contribution is -2.38. The van der Waals surface area contributed by atoms with Gasteiger partial charge in [-0.15, -0.1) is 0 Å². The van der Waals surface area contributed by atoms with Crippen molar-refractivity contribution in [1.82, 2.24) is 5.32 Å². The topological polar surface area (TPSA) is 72.5 Å². The minimum atomic E-state index is -3.58. The molecule has 0 bridgehead atoms. The van der Waals surface area contributed by atoms with Crippen molar-refractivity contribution in [2.45, 2.75) is 50.2 Å². The van der Waals surface area contributed by atoms with Gasteiger partial charge in [-0.1, -0.05) is 54.6 Å². The molecule has 0 radical (unpaired) electrons. The van der Waals surface area contributed by atoms with Gasteiger partial charge in [-0.3, -0.25) is 0 Å². The molecule has 1 N–H and O–H groups in total. The number of alkyl carbamates (subject to hydrolysis) is 1. The van der Waals surface area contributed by atoms with Gasteiger partial charge < -0.3 is 10.1 Å². The maximum absolute atomic E-state index is 12.5. The van der Waals surface area contributed by atoms with E-state index in [2.05, 4.69) is 5.32 Å². The number of carbonyl (C=O) groups is 1. The normalized spacial score (nSPS) is 13.2. The number of sulfone groups is 1. The van der Waals surface area contributed by atoms with Gasteiger partial charge in [0, 0.05) is 5.41 Å². The molecule has 0 saturated carbocycles. The van der Waals surface area contributed by atoms with Gasteiger partial charge in [-0.05, 0) is 51.3 Å². The number of amides is 1. The number of hydrogen-bond donors (Lipinski definition) is 1. The highest BCUT2D eigenvalue weighted by Crippen LogP contribution is 2.14. The minimum absolute atomic E-state index is 0.213. The van der Waals surface area contributed by atoms with Crippen molar-refractivity contribution in [2.24, 2.45) is 0 Å². The van der Waals surface area contributed by atoms with Crippen LogP contribution in [0.25, 0.3) is 0 Å². The third-order valence-electron chi connectivity index (χ3n) is 3.85. The van der Waals surface area contributed by atoms with E-state index in [0.717, 1.165) is 11.0 Å². The van der Waals surface area contributed by atoms with Gasteiger partial charge in [0.2, 0.25) is 0 Å². The van der Waals surface area contributed by atoms with Crippen LogP contribution in [-0.4, -0.2) is 26.2 Å². The summed E-state index contributed by atoms with van der Waals surface area (Å²) in [5, 5.41) is 3.90. The summed E-state index contributed by atoms with van der Waals surface area (Å²) in [7, 11) is -3.58. The van der Waals surface area contributed by atoms with Gasteiger partial charge in [-0.25, -0.2) is 13.2 Å². The van der Waals surface area contributed by atoms with E-state index in [4.69, 9.17) is 4.74 Å². The molecule has 0 spiro atoms. The first-order valence-electron chi connectivity index (χ1n) is 9.17. The highest BCUT2D eigenvalue weighted by atomic mass is 32.2. The average Bonchev–Trinajstić information content (AvgIpc) is 2.64. The van der Waals surface area contributed by atoms with Crippen molar-refractivity contribution in [1.29, 1.82) is 0 Å². The quantitative estimate of drug-likeness (QED) is 0.741. The fourth-order valence-electron chi connectivity index (χ4n) is 2.53. The van der Waals surface area contributed by atoms with E-state index in [-0.39, 0.29) is 4.90 Å². The number of benzene rings is 2. The fraction of sp³-hybridized carbons (Fsp3) is 0.318. The summed E-state index contributed by atoms with van der Waals surface area (Å²) in [6.45, 7) is 5.34. The lowest BCUT2D eigenvalue weighted by Gasteiger charge is -2.22. The first-order chi connectivity index (χ1) is 13.2. The van der Waals surface area contributed by atoms with Gasteiger partial charge in [0.05, 0.1) is 10.9 Å². The van der Waals surface area contributed by atoms with Crippen LogP contribution in [0.2, 0.25) is 0 Å². The van der Waals surface area contributed by atoms with Crippen LogP contribution in [0, 0.1) is 0 Å². The molecule has 0 aliphatic carbocycles.